The van der Waals surface area contributed by atoms with E-state index in [1.54, 1.807) is 0 Å². The van der Waals surface area contributed by atoms with Crippen molar-refractivity contribution in [2.45, 2.75) is 0 Å². The van der Waals surface area contributed by atoms with Gasteiger partial charge in [-0.05, 0) is 12.1 Å². The lowest BCUT2D eigenvalue weighted by Crippen LogP contribution is -2.14. The van der Waals surface area contributed by atoms with E-state index in [2.05, 4.69) is 15.3 Å². The zero-order valence-electron chi connectivity index (χ0n) is 8.82. The summed E-state index contributed by atoms with van der Waals surface area (Å²) in [6.45, 7) is 0. The van der Waals surface area contributed by atoms with E-state index in [-0.39, 0.29) is 16.5 Å². The van der Waals surface area contributed by atoms with Crippen LogP contribution < -0.4 is 5.32 Å². The molecule has 0 saturated carbocycles. The molecule has 0 aliphatic carbocycles. The number of aromatic nitrogens is 2. The third-order valence-electron chi connectivity index (χ3n) is 2.05. The average molecular weight is 270 g/mol. The number of hydrogen-bond donors (Lipinski definition) is 1. The highest BCUT2D eigenvalue weighted by atomic mass is 35.5. The van der Waals surface area contributed by atoms with Gasteiger partial charge in [-0.15, -0.1) is 0 Å². The maximum absolute atomic E-state index is 13.3. The van der Waals surface area contributed by atoms with Gasteiger partial charge in [0.05, 0.1) is 5.56 Å². The van der Waals surface area contributed by atoms with Crippen LogP contribution in [0.1, 0.15) is 10.4 Å². The first kappa shape index (κ1) is 12.4. The van der Waals surface area contributed by atoms with Gasteiger partial charge in [0, 0.05) is 12.1 Å². The summed E-state index contributed by atoms with van der Waals surface area (Å²) in [6, 6.07) is 3.97. The molecule has 1 N–H and O–H groups in total. The Balaban J connectivity index is 2.22. The van der Waals surface area contributed by atoms with Crippen LogP contribution in [0.2, 0.25) is 5.15 Å². The van der Waals surface area contributed by atoms with Gasteiger partial charge in [-0.2, -0.15) is 0 Å². The van der Waals surface area contributed by atoms with Crippen LogP contribution in [-0.2, 0) is 0 Å². The van der Waals surface area contributed by atoms with Crippen LogP contribution in [0.4, 0.5) is 14.6 Å². The summed E-state index contributed by atoms with van der Waals surface area (Å²) in [5.74, 6) is -2.33. The minimum absolute atomic E-state index is 0.128. The Kier molecular flexibility index (Phi) is 3.47. The van der Waals surface area contributed by atoms with Crippen molar-refractivity contribution >= 4 is 23.3 Å². The summed E-state index contributed by atoms with van der Waals surface area (Å²) in [4.78, 5) is 19.0. The van der Waals surface area contributed by atoms with Crippen LogP contribution >= 0.6 is 11.6 Å². The molecule has 18 heavy (non-hydrogen) atoms. The second-order valence-electron chi connectivity index (χ2n) is 3.30. The predicted molar refractivity (Wildman–Crippen MR) is 61.4 cm³/mol. The molecule has 0 fully saturated rings. The highest BCUT2D eigenvalue weighted by molar-refractivity contribution is 6.29. The molecule has 1 aromatic heterocycles. The lowest BCUT2D eigenvalue weighted by Gasteiger charge is -2.05. The van der Waals surface area contributed by atoms with E-state index < -0.39 is 17.5 Å². The third kappa shape index (κ3) is 2.78. The molecule has 0 spiro atoms. The number of nitrogens with one attached hydrogen (secondary N) is 1. The number of benzene rings is 1. The number of hydrogen-bond acceptors (Lipinski definition) is 3. The second-order valence-corrected chi connectivity index (χ2v) is 3.69. The maximum atomic E-state index is 13.3. The molecule has 0 aliphatic rings. The highest BCUT2D eigenvalue weighted by Gasteiger charge is 2.13. The molecule has 0 aliphatic heterocycles. The number of carbonyl (C=O) groups is 1. The molecule has 7 heteroatoms. The lowest BCUT2D eigenvalue weighted by atomic mass is 10.2. The molecule has 4 nitrogen and oxygen atoms in total. The van der Waals surface area contributed by atoms with E-state index >= 15 is 0 Å². The number of anilines is 1. The molecule has 2 aromatic rings. The number of carbonyl (C=O) groups excluding carboxylic acids is 1. The summed E-state index contributed by atoms with van der Waals surface area (Å²) in [7, 11) is 0. The first-order valence-corrected chi connectivity index (χ1v) is 5.18. The summed E-state index contributed by atoms with van der Waals surface area (Å²) < 4.78 is 26.0. The van der Waals surface area contributed by atoms with Gasteiger partial charge in [-0.25, -0.2) is 18.7 Å². The van der Waals surface area contributed by atoms with Crippen molar-refractivity contribution in [3.05, 3.63) is 52.9 Å². The minimum Gasteiger partial charge on any atom is -0.306 e. The Morgan fingerprint density at radius 3 is 2.67 bits per heavy atom. The Morgan fingerprint density at radius 1 is 1.22 bits per heavy atom. The predicted octanol–water partition coefficient (Wildman–Crippen LogP) is 2.66. The van der Waals surface area contributed by atoms with E-state index in [9.17, 15) is 13.6 Å². The molecular formula is C11H6ClF2N3O. The molecule has 0 radical (unpaired) electrons. The smallest absolute Gasteiger partial charge is 0.259 e. The van der Waals surface area contributed by atoms with E-state index in [0.29, 0.717) is 6.07 Å². The van der Waals surface area contributed by atoms with Crippen LogP contribution in [0.15, 0.2) is 30.6 Å². The van der Waals surface area contributed by atoms with Gasteiger partial charge in [-0.1, -0.05) is 11.6 Å². The summed E-state index contributed by atoms with van der Waals surface area (Å²) >= 11 is 5.60. The Morgan fingerprint density at radius 2 is 2.00 bits per heavy atom. The zero-order chi connectivity index (χ0) is 13.1. The van der Waals surface area contributed by atoms with Gasteiger partial charge in [0.2, 0.25) is 0 Å². The van der Waals surface area contributed by atoms with Crippen molar-refractivity contribution in [2.75, 3.05) is 5.32 Å². The molecule has 0 bridgehead atoms. The van der Waals surface area contributed by atoms with Crippen LogP contribution in [0.25, 0.3) is 0 Å². The van der Waals surface area contributed by atoms with Gasteiger partial charge in [0.15, 0.2) is 0 Å². The van der Waals surface area contributed by atoms with Crippen molar-refractivity contribution in [3.63, 3.8) is 0 Å². The van der Waals surface area contributed by atoms with Crippen molar-refractivity contribution < 1.29 is 13.6 Å². The monoisotopic (exact) mass is 269 g/mol. The quantitative estimate of drug-likeness (QED) is 0.853. The Hall–Kier alpha value is -2.08. The van der Waals surface area contributed by atoms with Crippen molar-refractivity contribution in [3.8, 4) is 0 Å². The first-order chi connectivity index (χ1) is 8.56. The average Bonchev–Trinajstić information content (AvgIpc) is 2.28. The summed E-state index contributed by atoms with van der Waals surface area (Å²) in [5.41, 5.74) is -0.286. The Labute approximate surface area is 106 Å². The normalized spacial score (nSPS) is 10.2. The third-order valence-corrected chi connectivity index (χ3v) is 2.26. The number of nitrogens with zero attached hydrogens (tertiary/aromatic N) is 2. The van der Waals surface area contributed by atoms with E-state index in [4.69, 9.17) is 11.6 Å². The van der Waals surface area contributed by atoms with Gasteiger partial charge < -0.3 is 5.32 Å². The van der Waals surface area contributed by atoms with E-state index in [1.807, 2.05) is 0 Å². The van der Waals surface area contributed by atoms with Gasteiger partial charge >= 0.3 is 0 Å². The standard InChI is InChI=1S/C11H6ClF2N3O/c12-9-4-10(16-5-15-9)17-11(18)7-2-1-6(13)3-8(7)14/h1-5H,(H,15,16,17,18). The fourth-order valence-electron chi connectivity index (χ4n) is 1.26. The zero-order valence-corrected chi connectivity index (χ0v) is 9.58. The molecule has 0 saturated heterocycles. The minimum atomic E-state index is -0.951. The van der Waals surface area contributed by atoms with E-state index in [1.165, 1.54) is 6.07 Å². The number of rotatable bonds is 2. The first-order valence-electron chi connectivity index (χ1n) is 4.80. The van der Waals surface area contributed by atoms with Gasteiger partial charge in [0.1, 0.15) is 28.9 Å². The summed E-state index contributed by atoms with van der Waals surface area (Å²) in [5, 5.41) is 2.46. The van der Waals surface area contributed by atoms with E-state index in [0.717, 1.165) is 18.5 Å². The molecule has 1 amide bonds. The van der Waals surface area contributed by atoms with Crippen LogP contribution in [-0.4, -0.2) is 15.9 Å². The fourth-order valence-corrected chi connectivity index (χ4v) is 1.41. The van der Waals surface area contributed by atoms with Crippen molar-refractivity contribution in [2.24, 2.45) is 0 Å². The van der Waals surface area contributed by atoms with Crippen LogP contribution in [0, 0.1) is 11.6 Å². The molecule has 1 heterocycles. The number of halogens is 3. The van der Waals surface area contributed by atoms with Crippen molar-refractivity contribution in [1.82, 2.24) is 9.97 Å². The molecule has 0 atom stereocenters. The van der Waals surface area contributed by atoms with Gasteiger partial charge in [-0.3, -0.25) is 4.79 Å². The fraction of sp³-hybridized carbons (Fsp3) is 0. The Bertz CT molecular complexity index is 607. The van der Waals surface area contributed by atoms with Crippen LogP contribution in [0.3, 0.4) is 0 Å². The second kappa shape index (κ2) is 5.05. The molecule has 1 aromatic carbocycles. The largest absolute Gasteiger partial charge is 0.306 e. The summed E-state index contributed by atoms with van der Waals surface area (Å²) in [6.07, 6.45) is 1.15. The molecule has 2 rings (SSSR count). The maximum Gasteiger partial charge on any atom is 0.259 e. The molecule has 0 unspecified atom stereocenters. The SMILES string of the molecule is O=C(Nc1cc(Cl)ncn1)c1ccc(F)cc1F. The molecule has 92 valence electrons. The lowest BCUT2D eigenvalue weighted by molar-refractivity contribution is 0.102. The number of amides is 1. The molecular weight excluding hydrogens is 264 g/mol. The highest BCUT2D eigenvalue weighted by Crippen LogP contribution is 2.13. The topological polar surface area (TPSA) is 54.9 Å². The van der Waals surface area contributed by atoms with Crippen LogP contribution in [0.5, 0.6) is 0 Å². The van der Waals surface area contributed by atoms with Gasteiger partial charge in [0.25, 0.3) is 5.91 Å². The van der Waals surface area contributed by atoms with Crippen molar-refractivity contribution in [1.29, 1.82) is 0 Å².